The topological polar surface area (TPSA) is 183 Å². The predicted molar refractivity (Wildman–Crippen MR) is 200 cm³/mol. The molecule has 1 fully saturated rings. The lowest BCUT2D eigenvalue weighted by Gasteiger charge is -2.33. The van der Waals surface area contributed by atoms with E-state index in [9.17, 15) is 19.2 Å². The summed E-state index contributed by atoms with van der Waals surface area (Å²) >= 11 is 0. The van der Waals surface area contributed by atoms with Crippen molar-refractivity contribution in [2.45, 2.75) is 99.3 Å². The highest BCUT2D eigenvalue weighted by molar-refractivity contribution is 5.83. The average Bonchev–Trinajstić information content (AvgIpc) is 3.52. The van der Waals surface area contributed by atoms with Crippen LogP contribution in [0.25, 0.3) is 0 Å². The van der Waals surface area contributed by atoms with Crippen molar-refractivity contribution in [3.05, 3.63) is 23.8 Å². The monoisotopic (exact) mass is 767 g/mol. The standard InChI is InChI=1S/C39H65N3O12/c1-11-49-23-52-27(6)36(44)53-24-54-38(46)42-22-51-33(20-30(26(4)5)35(43)41-21-39(7,8)37(40)45)31(42)19-29(25(2)3)17-28-13-14-32(48-10)34(18-28)50-16-12-15-47-9/h13-14,18,25-27,29-31,33H,11-12,15-17,19-24H2,1-10H3,(H2,40,45)(H,41,43). The third-order valence-electron chi connectivity index (χ3n) is 9.78. The largest absolute Gasteiger partial charge is 0.493 e. The van der Waals surface area contributed by atoms with Gasteiger partial charge in [-0.25, -0.2) is 9.59 Å². The van der Waals surface area contributed by atoms with Gasteiger partial charge in [-0.2, -0.15) is 0 Å². The second-order valence-corrected chi connectivity index (χ2v) is 15.0. The fourth-order valence-corrected chi connectivity index (χ4v) is 5.92. The van der Waals surface area contributed by atoms with Crippen LogP contribution in [0.4, 0.5) is 4.79 Å². The Hall–Kier alpha value is -3.66. The van der Waals surface area contributed by atoms with Crippen LogP contribution in [0.5, 0.6) is 11.5 Å². The molecule has 0 radical (unpaired) electrons. The first-order valence-corrected chi connectivity index (χ1v) is 18.8. The number of nitrogens with one attached hydrogen (secondary N) is 1. The lowest BCUT2D eigenvalue weighted by Crippen LogP contribution is -2.47. The molecular weight excluding hydrogens is 702 g/mol. The minimum absolute atomic E-state index is 0.0631. The summed E-state index contributed by atoms with van der Waals surface area (Å²) in [6.45, 7) is 15.6. The Kier molecular flexibility index (Phi) is 20.1. The van der Waals surface area contributed by atoms with Crippen LogP contribution in [0.3, 0.4) is 0 Å². The first-order valence-electron chi connectivity index (χ1n) is 18.8. The Bertz CT molecular complexity index is 1320. The number of amides is 3. The van der Waals surface area contributed by atoms with E-state index >= 15 is 0 Å². The second kappa shape index (κ2) is 23.3. The van der Waals surface area contributed by atoms with Gasteiger partial charge in [0.2, 0.25) is 18.6 Å². The molecule has 3 N–H and O–H groups in total. The molecule has 15 heteroatoms. The van der Waals surface area contributed by atoms with Gasteiger partial charge < -0.3 is 48.9 Å². The Morgan fingerprint density at radius 3 is 2.31 bits per heavy atom. The van der Waals surface area contributed by atoms with E-state index in [4.69, 9.17) is 43.6 Å². The van der Waals surface area contributed by atoms with E-state index in [1.54, 1.807) is 35.0 Å². The lowest BCUT2D eigenvalue weighted by molar-refractivity contribution is -0.173. The van der Waals surface area contributed by atoms with Crippen molar-refractivity contribution in [3.63, 3.8) is 0 Å². The highest BCUT2D eigenvalue weighted by Gasteiger charge is 2.43. The van der Waals surface area contributed by atoms with Gasteiger partial charge in [0.1, 0.15) is 13.5 Å². The maximum atomic E-state index is 13.6. The van der Waals surface area contributed by atoms with E-state index in [1.165, 1.54) is 11.8 Å². The summed E-state index contributed by atoms with van der Waals surface area (Å²) in [4.78, 5) is 52.9. The SMILES string of the molecule is CCOCOC(C)C(=O)OCOC(=O)N1COC(CC(C(=O)NCC(C)(C)C(N)=O)C(C)C)C1CC(Cc1ccc(OC)c(OCCCOC)c1)C(C)C. The number of methoxy groups -OCH3 is 2. The zero-order valence-electron chi connectivity index (χ0n) is 34.0. The molecule has 308 valence electrons. The fraction of sp³-hybridized carbons (Fsp3) is 0.744. The number of primary amides is 1. The molecule has 1 heterocycles. The van der Waals surface area contributed by atoms with Crippen LogP contribution < -0.4 is 20.5 Å². The molecule has 3 amide bonds. The highest BCUT2D eigenvalue weighted by Crippen LogP contribution is 2.36. The van der Waals surface area contributed by atoms with Crippen LogP contribution in [0.1, 0.15) is 80.2 Å². The number of benzene rings is 1. The molecule has 5 unspecified atom stereocenters. The van der Waals surface area contributed by atoms with Crippen LogP contribution in [0, 0.1) is 29.1 Å². The third-order valence-corrected chi connectivity index (χ3v) is 9.78. The van der Waals surface area contributed by atoms with E-state index in [0.29, 0.717) is 50.6 Å². The molecule has 1 aromatic carbocycles. The molecule has 1 aliphatic rings. The molecule has 1 saturated heterocycles. The molecule has 0 saturated carbocycles. The summed E-state index contributed by atoms with van der Waals surface area (Å²) in [5, 5.41) is 2.90. The van der Waals surface area contributed by atoms with Crippen molar-refractivity contribution in [2.24, 2.45) is 34.8 Å². The van der Waals surface area contributed by atoms with E-state index < -0.39 is 54.3 Å². The number of esters is 1. The second-order valence-electron chi connectivity index (χ2n) is 15.0. The number of carbonyl (C=O) groups is 4. The normalized spacial score (nSPS) is 17.6. The third kappa shape index (κ3) is 14.9. The highest BCUT2D eigenvalue weighted by atomic mass is 16.7. The zero-order valence-corrected chi connectivity index (χ0v) is 34.0. The molecule has 0 aliphatic carbocycles. The lowest BCUT2D eigenvalue weighted by atomic mass is 9.80. The van der Waals surface area contributed by atoms with Gasteiger partial charge in [-0.05, 0) is 82.4 Å². The van der Waals surface area contributed by atoms with Gasteiger partial charge in [0.25, 0.3) is 0 Å². The molecule has 0 bridgehead atoms. The quantitative estimate of drug-likeness (QED) is 0.0798. The number of ether oxygens (including phenoxy) is 8. The van der Waals surface area contributed by atoms with Crippen molar-refractivity contribution in [3.8, 4) is 11.5 Å². The summed E-state index contributed by atoms with van der Waals surface area (Å²) in [5.74, 6) is -0.509. The van der Waals surface area contributed by atoms with Crippen molar-refractivity contribution >= 4 is 23.9 Å². The van der Waals surface area contributed by atoms with E-state index in [1.807, 2.05) is 32.0 Å². The van der Waals surface area contributed by atoms with Gasteiger partial charge in [0.05, 0.1) is 31.3 Å². The van der Waals surface area contributed by atoms with Gasteiger partial charge >= 0.3 is 12.1 Å². The molecule has 5 atom stereocenters. The van der Waals surface area contributed by atoms with E-state index in [2.05, 4.69) is 19.2 Å². The van der Waals surface area contributed by atoms with Gasteiger partial charge in [-0.1, -0.05) is 33.8 Å². The molecule has 1 aliphatic heterocycles. The number of hydrogen-bond donors (Lipinski definition) is 2. The van der Waals surface area contributed by atoms with Crippen LogP contribution in [0.15, 0.2) is 18.2 Å². The number of carbonyl (C=O) groups excluding carboxylic acids is 4. The first-order chi connectivity index (χ1) is 25.6. The summed E-state index contributed by atoms with van der Waals surface area (Å²) in [6.07, 6.45) is 0.0666. The Morgan fingerprint density at radius 1 is 0.981 bits per heavy atom. The van der Waals surface area contributed by atoms with Gasteiger partial charge in [-0.15, -0.1) is 0 Å². The summed E-state index contributed by atoms with van der Waals surface area (Å²) in [6, 6.07) is 5.40. The number of nitrogens with zero attached hydrogens (tertiary/aromatic N) is 1. The molecule has 0 aromatic heterocycles. The Morgan fingerprint density at radius 2 is 1.70 bits per heavy atom. The number of hydrogen-bond acceptors (Lipinski definition) is 12. The average molecular weight is 768 g/mol. The molecule has 1 aromatic rings. The number of nitrogens with two attached hydrogens (primary N) is 1. The zero-order chi connectivity index (χ0) is 40.4. The molecule has 15 nitrogen and oxygen atoms in total. The minimum atomic E-state index is -0.929. The van der Waals surface area contributed by atoms with Gasteiger partial charge in [0, 0.05) is 39.2 Å². The van der Waals surface area contributed by atoms with E-state index in [0.717, 1.165) is 12.0 Å². The number of rotatable bonds is 25. The van der Waals surface area contributed by atoms with E-state index in [-0.39, 0.29) is 43.7 Å². The Balaban J connectivity index is 2.32. The molecule has 54 heavy (non-hydrogen) atoms. The first kappa shape index (κ1) is 46.5. The molecule has 2 rings (SSSR count). The van der Waals surface area contributed by atoms with Crippen LogP contribution >= 0.6 is 0 Å². The maximum absolute atomic E-state index is 13.6. The smallest absolute Gasteiger partial charge is 0.414 e. The van der Waals surface area contributed by atoms with Gasteiger partial charge in [0.15, 0.2) is 17.6 Å². The maximum Gasteiger partial charge on any atom is 0.414 e. The fourth-order valence-electron chi connectivity index (χ4n) is 5.92. The van der Waals surface area contributed by atoms with Crippen LogP contribution in [-0.4, -0.2) is 108 Å². The van der Waals surface area contributed by atoms with Crippen LogP contribution in [0.2, 0.25) is 0 Å². The van der Waals surface area contributed by atoms with Crippen molar-refractivity contribution in [1.29, 1.82) is 0 Å². The molecular formula is C39H65N3O12. The van der Waals surface area contributed by atoms with Crippen molar-refractivity contribution in [2.75, 3.05) is 60.9 Å². The predicted octanol–water partition coefficient (Wildman–Crippen LogP) is 4.67. The van der Waals surface area contributed by atoms with Crippen LogP contribution in [-0.2, 0) is 49.2 Å². The summed E-state index contributed by atoms with van der Waals surface area (Å²) < 4.78 is 44.0. The van der Waals surface area contributed by atoms with Crippen molar-refractivity contribution < 1.29 is 57.1 Å². The van der Waals surface area contributed by atoms with Gasteiger partial charge in [-0.3, -0.25) is 14.5 Å². The summed E-state index contributed by atoms with van der Waals surface area (Å²) in [5.41, 5.74) is 5.64. The summed E-state index contributed by atoms with van der Waals surface area (Å²) in [7, 11) is 3.25. The van der Waals surface area contributed by atoms with Crippen molar-refractivity contribution in [1.82, 2.24) is 10.2 Å². The molecule has 0 spiro atoms. The minimum Gasteiger partial charge on any atom is -0.493 e. The Labute approximate surface area is 321 Å².